The van der Waals surface area contributed by atoms with Crippen molar-refractivity contribution in [1.29, 1.82) is 0 Å². The number of likely N-dealkylation sites (tertiary alicyclic amines) is 1. The van der Waals surface area contributed by atoms with Gasteiger partial charge < -0.3 is 10.1 Å². The normalized spacial score (nSPS) is 17.4. The van der Waals surface area contributed by atoms with Gasteiger partial charge in [0.2, 0.25) is 5.91 Å². The second-order valence-corrected chi connectivity index (χ2v) is 5.94. The molecule has 4 nitrogen and oxygen atoms in total. The zero-order valence-corrected chi connectivity index (χ0v) is 12.8. The molecule has 1 fully saturated rings. The average molecular weight is 294 g/mol. The van der Waals surface area contributed by atoms with Crippen LogP contribution in [-0.4, -0.2) is 42.6 Å². The molecule has 0 spiro atoms. The van der Waals surface area contributed by atoms with E-state index in [1.807, 2.05) is 11.8 Å². The summed E-state index contributed by atoms with van der Waals surface area (Å²) in [4.78, 5) is 14.0. The third-order valence-corrected chi connectivity index (χ3v) is 3.62. The van der Waals surface area contributed by atoms with E-state index in [9.17, 15) is 9.18 Å². The van der Waals surface area contributed by atoms with Crippen molar-refractivity contribution in [3.8, 4) is 5.75 Å². The largest absolute Gasteiger partial charge is 0.485 e. The van der Waals surface area contributed by atoms with Gasteiger partial charge in [0, 0.05) is 19.6 Å². The van der Waals surface area contributed by atoms with Gasteiger partial charge >= 0.3 is 0 Å². The van der Waals surface area contributed by atoms with Crippen LogP contribution >= 0.6 is 0 Å². The second-order valence-electron chi connectivity index (χ2n) is 5.94. The Balaban J connectivity index is 1.76. The van der Waals surface area contributed by atoms with Crippen LogP contribution in [0.15, 0.2) is 24.3 Å². The van der Waals surface area contributed by atoms with E-state index in [2.05, 4.69) is 19.2 Å². The summed E-state index contributed by atoms with van der Waals surface area (Å²) in [7, 11) is 0. The topological polar surface area (TPSA) is 41.6 Å². The molecule has 1 aliphatic rings. The molecule has 0 radical (unpaired) electrons. The quantitative estimate of drug-likeness (QED) is 0.873. The van der Waals surface area contributed by atoms with Gasteiger partial charge in [-0.1, -0.05) is 26.0 Å². The van der Waals surface area contributed by atoms with Crippen LogP contribution in [0.25, 0.3) is 0 Å². The number of nitrogens with one attached hydrogen (secondary N) is 1. The number of carbonyl (C=O) groups excluding carboxylic acids is 1. The molecular formula is C16H23FN2O2. The molecule has 1 aromatic rings. The Kier molecular flexibility index (Phi) is 5.17. The van der Waals surface area contributed by atoms with Gasteiger partial charge in [-0.05, 0) is 25.0 Å². The second kappa shape index (κ2) is 6.89. The van der Waals surface area contributed by atoms with Crippen molar-refractivity contribution in [2.24, 2.45) is 5.92 Å². The zero-order chi connectivity index (χ0) is 15.4. The van der Waals surface area contributed by atoms with Gasteiger partial charge in [0.05, 0.1) is 6.04 Å². The first-order chi connectivity index (χ1) is 9.97. The Hall–Kier alpha value is -1.62. The number of halogens is 1. The molecule has 0 bridgehead atoms. The van der Waals surface area contributed by atoms with E-state index < -0.39 is 0 Å². The smallest absolute Gasteiger partial charge is 0.237 e. The average Bonchev–Trinajstić information content (AvgIpc) is 2.40. The molecule has 116 valence electrons. The highest BCUT2D eigenvalue weighted by Crippen LogP contribution is 2.22. The van der Waals surface area contributed by atoms with Crippen LogP contribution in [0.2, 0.25) is 0 Å². The van der Waals surface area contributed by atoms with E-state index in [4.69, 9.17) is 4.74 Å². The van der Waals surface area contributed by atoms with Crippen molar-refractivity contribution in [3.05, 3.63) is 30.1 Å². The van der Waals surface area contributed by atoms with Crippen molar-refractivity contribution < 1.29 is 13.9 Å². The lowest BCUT2D eigenvalue weighted by Gasteiger charge is -2.42. The molecule has 1 aliphatic heterocycles. The minimum atomic E-state index is -0.348. The van der Waals surface area contributed by atoms with E-state index in [1.54, 1.807) is 18.2 Å². The van der Waals surface area contributed by atoms with E-state index in [0.717, 1.165) is 0 Å². The summed E-state index contributed by atoms with van der Waals surface area (Å²) in [6.07, 6.45) is -0.0535. The summed E-state index contributed by atoms with van der Waals surface area (Å²) < 4.78 is 19.1. The summed E-state index contributed by atoms with van der Waals surface area (Å²) in [5.41, 5.74) is 0. The first-order valence-corrected chi connectivity index (χ1v) is 7.40. The van der Waals surface area contributed by atoms with Gasteiger partial charge in [-0.2, -0.15) is 0 Å². The number of carbonyl (C=O) groups is 1. The predicted octanol–water partition coefficient (Wildman–Crippen LogP) is 2.05. The molecule has 1 heterocycles. The van der Waals surface area contributed by atoms with Crippen LogP contribution in [-0.2, 0) is 4.79 Å². The number of nitrogens with zero attached hydrogens (tertiary/aromatic N) is 1. The third-order valence-electron chi connectivity index (χ3n) is 3.62. The Morgan fingerprint density at radius 2 is 2.05 bits per heavy atom. The van der Waals surface area contributed by atoms with Crippen LogP contribution < -0.4 is 10.1 Å². The van der Waals surface area contributed by atoms with E-state index in [-0.39, 0.29) is 29.6 Å². The predicted molar refractivity (Wildman–Crippen MR) is 79.7 cm³/mol. The molecule has 0 aromatic heterocycles. The fraction of sp³-hybridized carbons (Fsp3) is 0.562. The van der Waals surface area contributed by atoms with Crippen LogP contribution in [0.4, 0.5) is 4.39 Å². The summed E-state index contributed by atoms with van der Waals surface area (Å²) in [6, 6.07) is 6.21. The third kappa shape index (κ3) is 4.17. The summed E-state index contributed by atoms with van der Waals surface area (Å²) in [5, 5.41) is 2.92. The van der Waals surface area contributed by atoms with Crippen molar-refractivity contribution in [3.63, 3.8) is 0 Å². The molecule has 0 saturated carbocycles. The molecule has 0 aliphatic carbocycles. The molecular weight excluding hydrogens is 271 g/mol. The molecule has 5 heteroatoms. The highest BCUT2D eigenvalue weighted by atomic mass is 19.1. The SMILES string of the molecule is CC(C)CNC(=O)[C@@H](C)N1CC(Oc2ccccc2F)C1. The van der Waals surface area contributed by atoms with Crippen LogP contribution in [0.3, 0.4) is 0 Å². The van der Waals surface area contributed by atoms with Crippen molar-refractivity contribution in [2.45, 2.75) is 32.9 Å². The maximum Gasteiger partial charge on any atom is 0.237 e. The molecule has 21 heavy (non-hydrogen) atoms. The number of amides is 1. The minimum Gasteiger partial charge on any atom is -0.485 e. The van der Waals surface area contributed by atoms with Gasteiger partial charge in [-0.3, -0.25) is 9.69 Å². The molecule has 2 rings (SSSR count). The molecule has 1 N–H and O–H groups in total. The maximum absolute atomic E-state index is 13.5. The van der Waals surface area contributed by atoms with E-state index >= 15 is 0 Å². The summed E-state index contributed by atoms with van der Waals surface area (Å²) in [6.45, 7) is 7.98. The lowest BCUT2D eigenvalue weighted by Crippen LogP contribution is -2.60. The molecule has 0 unspecified atom stereocenters. The first kappa shape index (κ1) is 15.8. The summed E-state index contributed by atoms with van der Waals surface area (Å²) in [5.74, 6) is 0.403. The zero-order valence-electron chi connectivity index (χ0n) is 12.8. The number of para-hydroxylation sites is 1. The molecule has 1 amide bonds. The number of hydrogen-bond donors (Lipinski definition) is 1. The number of benzene rings is 1. The lowest BCUT2D eigenvalue weighted by atomic mass is 10.1. The molecule has 1 aromatic carbocycles. The van der Waals surface area contributed by atoms with Crippen molar-refractivity contribution in [2.75, 3.05) is 19.6 Å². The van der Waals surface area contributed by atoms with Gasteiger partial charge in [-0.25, -0.2) is 4.39 Å². The minimum absolute atomic E-state index is 0.0352. The van der Waals surface area contributed by atoms with E-state index in [1.165, 1.54) is 6.07 Å². The molecule has 1 saturated heterocycles. The maximum atomic E-state index is 13.5. The van der Waals surface area contributed by atoms with Crippen molar-refractivity contribution >= 4 is 5.91 Å². The Morgan fingerprint density at radius 3 is 2.67 bits per heavy atom. The van der Waals surface area contributed by atoms with Crippen LogP contribution in [0.5, 0.6) is 5.75 Å². The number of ether oxygens (including phenoxy) is 1. The van der Waals surface area contributed by atoms with Gasteiger partial charge in [-0.15, -0.1) is 0 Å². The van der Waals surface area contributed by atoms with Gasteiger partial charge in [0.25, 0.3) is 0 Å². The van der Waals surface area contributed by atoms with Gasteiger partial charge in [0.15, 0.2) is 11.6 Å². The lowest BCUT2D eigenvalue weighted by molar-refractivity contribution is -0.129. The standard InChI is InChI=1S/C16H23FN2O2/c1-11(2)8-18-16(20)12(3)19-9-13(10-19)21-15-7-5-4-6-14(15)17/h4-7,11-13H,8-10H2,1-3H3,(H,18,20)/t12-/m1/s1. The van der Waals surface area contributed by atoms with Crippen molar-refractivity contribution in [1.82, 2.24) is 10.2 Å². The van der Waals surface area contributed by atoms with Crippen LogP contribution in [0.1, 0.15) is 20.8 Å². The number of rotatable bonds is 6. The summed E-state index contributed by atoms with van der Waals surface area (Å²) >= 11 is 0. The Bertz CT molecular complexity index is 487. The first-order valence-electron chi connectivity index (χ1n) is 7.40. The Labute approximate surface area is 125 Å². The highest BCUT2D eigenvalue weighted by molar-refractivity contribution is 5.81. The Morgan fingerprint density at radius 1 is 1.38 bits per heavy atom. The van der Waals surface area contributed by atoms with E-state index in [0.29, 0.717) is 25.6 Å². The van der Waals surface area contributed by atoms with Gasteiger partial charge in [0.1, 0.15) is 6.10 Å². The van der Waals surface area contributed by atoms with Crippen LogP contribution in [0, 0.1) is 11.7 Å². The fourth-order valence-corrected chi connectivity index (χ4v) is 2.20. The monoisotopic (exact) mass is 294 g/mol. The number of hydrogen-bond acceptors (Lipinski definition) is 3. The molecule has 1 atom stereocenters. The fourth-order valence-electron chi connectivity index (χ4n) is 2.20. The highest BCUT2D eigenvalue weighted by Gasteiger charge is 2.35.